The molecule has 3 nitrogen and oxygen atoms in total. The van der Waals surface area contributed by atoms with Crippen LogP contribution in [0.3, 0.4) is 0 Å². The van der Waals surface area contributed by atoms with Gasteiger partial charge < -0.3 is 4.74 Å². The highest BCUT2D eigenvalue weighted by molar-refractivity contribution is 4.67. The molecule has 0 aromatic rings. The SMILES string of the molecule is C=CCOCC(F)(F)OC(F)(F)OC(F)(F)C(F)(F)F. The molecule has 0 aromatic heterocycles. The van der Waals surface area contributed by atoms with E-state index in [0.717, 1.165) is 6.08 Å². The summed E-state index contributed by atoms with van der Waals surface area (Å²) in [6, 6.07) is 0. The largest absolute Gasteiger partial charge is 0.495 e. The molecule has 0 aromatic carbocycles. The summed E-state index contributed by atoms with van der Waals surface area (Å²) >= 11 is 0. The van der Waals surface area contributed by atoms with Crippen LogP contribution in [0.5, 0.6) is 0 Å². The Morgan fingerprint density at radius 3 is 1.75 bits per heavy atom. The molecule has 0 fully saturated rings. The lowest BCUT2D eigenvalue weighted by Gasteiger charge is -2.27. The Morgan fingerprint density at radius 1 is 0.850 bits per heavy atom. The summed E-state index contributed by atoms with van der Waals surface area (Å²) in [7, 11) is 0. The van der Waals surface area contributed by atoms with Crippen LogP contribution in [-0.2, 0) is 14.2 Å². The van der Waals surface area contributed by atoms with Crippen LogP contribution in [0.4, 0.5) is 39.5 Å². The van der Waals surface area contributed by atoms with Crippen molar-refractivity contribution < 1.29 is 53.7 Å². The minimum Gasteiger partial charge on any atom is -0.368 e. The van der Waals surface area contributed by atoms with Gasteiger partial charge in [-0.1, -0.05) is 6.08 Å². The maximum atomic E-state index is 12.6. The van der Waals surface area contributed by atoms with E-state index in [2.05, 4.69) is 16.1 Å². The summed E-state index contributed by atoms with van der Waals surface area (Å²) < 4.78 is 118. The molecule has 0 spiro atoms. The first-order valence-corrected chi connectivity index (χ1v) is 4.51. The summed E-state index contributed by atoms with van der Waals surface area (Å²) in [5.41, 5.74) is 0. The smallest absolute Gasteiger partial charge is 0.368 e. The second-order valence-electron chi connectivity index (χ2n) is 3.12. The lowest BCUT2D eigenvalue weighted by molar-refractivity contribution is -0.544. The van der Waals surface area contributed by atoms with Crippen LogP contribution in [0.1, 0.15) is 0 Å². The minimum atomic E-state index is -6.53. The summed E-state index contributed by atoms with van der Waals surface area (Å²) in [6.45, 7) is 0.661. The molecule has 0 N–H and O–H groups in total. The predicted octanol–water partition coefficient (Wildman–Crippen LogP) is 3.52. The van der Waals surface area contributed by atoms with E-state index in [1.807, 2.05) is 4.74 Å². The van der Waals surface area contributed by atoms with Crippen molar-refractivity contribution in [3.05, 3.63) is 12.7 Å². The highest BCUT2D eigenvalue weighted by atomic mass is 19.4. The van der Waals surface area contributed by atoms with Gasteiger partial charge in [0.15, 0.2) is 0 Å². The van der Waals surface area contributed by atoms with Crippen LogP contribution in [0.2, 0.25) is 0 Å². The molecule has 0 atom stereocenters. The summed E-state index contributed by atoms with van der Waals surface area (Å²) in [6.07, 6.45) is -22.7. The van der Waals surface area contributed by atoms with Crippen molar-refractivity contribution in [2.75, 3.05) is 13.2 Å². The van der Waals surface area contributed by atoms with E-state index in [4.69, 9.17) is 0 Å². The standard InChI is InChI=1S/C8H7F9O3/c1-2-3-18-4-5(9,10)19-8(16,17)20-7(14,15)6(11,12)13/h2H,1,3-4H2. The number of alkyl halides is 9. The van der Waals surface area contributed by atoms with Gasteiger partial charge in [0.2, 0.25) is 0 Å². The maximum Gasteiger partial charge on any atom is 0.495 e. The van der Waals surface area contributed by atoms with E-state index in [9.17, 15) is 39.5 Å². The fourth-order valence-electron chi connectivity index (χ4n) is 0.692. The first-order chi connectivity index (χ1) is 8.72. The molecule has 0 aliphatic carbocycles. The molecule has 0 aliphatic heterocycles. The van der Waals surface area contributed by atoms with E-state index < -0.39 is 37.9 Å². The molecular formula is C8H7F9O3. The van der Waals surface area contributed by atoms with Crippen molar-refractivity contribution in [2.45, 2.75) is 24.7 Å². The lowest BCUT2D eigenvalue weighted by Crippen LogP contribution is -2.48. The van der Waals surface area contributed by atoms with E-state index in [1.165, 1.54) is 0 Å². The number of hydrogen-bond donors (Lipinski definition) is 0. The zero-order valence-electron chi connectivity index (χ0n) is 9.33. The molecule has 0 unspecified atom stereocenters. The quantitative estimate of drug-likeness (QED) is 0.296. The van der Waals surface area contributed by atoms with Crippen LogP contribution >= 0.6 is 0 Å². The third-order valence-corrected chi connectivity index (χ3v) is 1.35. The molecule has 0 amide bonds. The molecule has 0 saturated carbocycles. The average molecular weight is 322 g/mol. The lowest BCUT2D eigenvalue weighted by atomic mass is 10.6. The first kappa shape index (κ1) is 19.0. The summed E-state index contributed by atoms with van der Waals surface area (Å²) in [4.78, 5) is 0. The van der Waals surface area contributed by atoms with Crippen molar-refractivity contribution in [1.82, 2.24) is 0 Å². The maximum absolute atomic E-state index is 12.6. The number of halogens is 9. The molecule has 0 bridgehead atoms. The topological polar surface area (TPSA) is 27.7 Å². The molecule has 20 heavy (non-hydrogen) atoms. The highest BCUT2D eigenvalue weighted by Crippen LogP contribution is 2.42. The molecule has 12 heteroatoms. The van der Waals surface area contributed by atoms with E-state index in [-0.39, 0.29) is 0 Å². The molecule has 120 valence electrons. The Balaban J connectivity index is 4.69. The Bertz CT molecular complexity index is 326. The second kappa shape index (κ2) is 6.18. The fraction of sp³-hybridized carbons (Fsp3) is 0.750. The number of rotatable bonds is 8. The number of ether oxygens (including phenoxy) is 3. The molecule has 0 heterocycles. The molecular weight excluding hydrogens is 315 g/mol. The summed E-state index contributed by atoms with van der Waals surface area (Å²) in [5.74, 6) is 0. The summed E-state index contributed by atoms with van der Waals surface area (Å²) in [5, 5.41) is 0. The van der Waals surface area contributed by atoms with Gasteiger partial charge in [-0.3, -0.25) is 0 Å². The Hall–Kier alpha value is -1.01. The third kappa shape index (κ3) is 6.43. The van der Waals surface area contributed by atoms with E-state index in [1.54, 1.807) is 0 Å². The zero-order valence-corrected chi connectivity index (χ0v) is 9.33. The Kier molecular flexibility index (Phi) is 5.87. The van der Waals surface area contributed by atoms with Gasteiger partial charge in [-0.25, -0.2) is 9.47 Å². The van der Waals surface area contributed by atoms with Crippen molar-refractivity contribution in [3.8, 4) is 0 Å². The average Bonchev–Trinajstić information content (AvgIpc) is 2.11. The van der Waals surface area contributed by atoms with Gasteiger partial charge in [0.05, 0.1) is 6.61 Å². The minimum absolute atomic E-state index is 0.524. The zero-order chi connectivity index (χ0) is 16.2. The Morgan fingerprint density at radius 2 is 1.35 bits per heavy atom. The van der Waals surface area contributed by atoms with Crippen LogP contribution in [0.15, 0.2) is 12.7 Å². The van der Waals surface area contributed by atoms with E-state index >= 15 is 0 Å². The molecule has 0 saturated heterocycles. The molecule has 0 radical (unpaired) electrons. The van der Waals surface area contributed by atoms with Gasteiger partial charge in [0, 0.05) is 0 Å². The van der Waals surface area contributed by atoms with Gasteiger partial charge in [-0.15, -0.1) is 15.4 Å². The highest BCUT2D eigenvalue weighted by Gasteiger charge is 2.65. The van der Waals surface area contributed by atoms with Crippen molar-refractivity contribution >= 4 is 0 Å². The monoisotopic (exact) mass is 322 g/mol. The van der Waals surface area contributed by atoms with Crippen LogP contribution in [0, 0.1) is 0 Å². The van der Waals surface area contributed by atoms with Gasteiger partial charge in [0.1, 0.15) is 6.61 Å². The normalized spacial score (nSPS) is 14.4. The predicted molar refractivity (Wildman–Crippen MR) is 44.1 cm³/mol. The van der Waals surface area contributed by atoms with Crippen molar-refractivity contribution in [2.24, 2.45) is 0 Å². The van der Waals surface area contributed by atoms with E-state index in [0.29, 0.717) is 0 Å². The van der Waals surface area contributed by atoms with Crippen molar-refractivity contribution in [1.29, 1.82) is 0 Å². The van der Waals surface area contributed by atoms with Crippen molar-refractivity contribution in [3.63, 3.8) is 0 Å². The molecule has 0 aliphatic rings. The second-order valence-corrected chi connectivity index (χ2v) is 3.12. The van der Waals surface area contributed by atoms with Gasteiger partial charge in [-0.2, -0.15) is 30.7 Å². The number of hydrogen-bond acceptors (Lipinski definition) is 3. The fourth-order valence-corrected chi connectivity index (χ4v) is 0.692. The van der Waals surface area contributed by atoms with Crippen LogP contribution in [0.25, 0.3) is 0 Å². The first-order valence-electron chi connectivity index (χ1n) is 4.51. The van der Waals surface area contributed by atoms with Gasteiger partial charge >= 0.3 is 24.7 Å². The third-order valence-electron chi connectivity index (χ3n) is 1.35. The van der Waals surface area contributed by atoms with Gasteiger partial charge in [-0.05, 0) is 0 Å². The van der Waals surface area contributed by atoms with Gasteiger partial charge in [0.25, 0.3) is 0 Å². The van der Waals surface area contributed by atoms with Crippen LogP contribution in [-0.4, -0.2) is 37.9 Å². The van der Waals surface area contributed by atoms with Crippen LogP contribution < -0.4 is 0 Å². The Labute approximate surface area is 105 Å². The molecule has 0 rings (SSSR count).